The van der Waals surface area contributed by atoms with Gasteiger partial charge in [-0.25, -0.2) is 4.98 Å². The number of ether oxygens (including phenoxy) is 1. The van der Waals surface area contributed by atoms with Crippen molar-refractivity contribution in [2.45, 2.75) is 33.2 Å². The quantitative estimate of drug-likeness (QED) is 0.290. The van der Waals surface area contributed by atoms with Crippen molar-refractivity contribution < 1.29 is 9.53 Å². The summed E-state index contributed by atoms with van der Waals surface area (Å²) in [5, 5.41) is 3.00. The van der Waals surface area contributed by atoms with Gasteiger partial charge in [0.1, 0.15) is 18.2 Å². The molecule has 4 aromatic rings. The maximum atomic E-state index is 12.3. The molecule has 0 atom stereocenters. The van der Waals surface area contributed by atoms with Crippen molar-refractivity contribution in [2.24, 2.45) is 0 Å². The highest BCUT2D eigenvalue weighted by atomic mass is 79.9. The van der Waals surface area contributed by atoms with Crippen molar-refractivity contribution in [3.05, 3.63) is 93.7 Å². The zero-order chi connectivity index (χ0) is 23.2. The Labute approximate surface area is 202 Å². The number of carbonyl (C=O) groups excluding carboxylic acids is 1. The van der Waals surface area contributed by atoms with Gasteiger partial charge in [-0.05, 0) is 73.9 Å². The smallest absolute Gasteiger partial charge is 0.251 e. The molecule has 0 saturated heterocycles. The van der Waals surface area contributed by atoms with Crippen LogP contribution in [-0.4, -0.2) is 28.6 Å². The summed E-state index contributed by atoms with van der Waals surface area (Å²) in [7, 11) is 0. The third kappa shape index (κ3) is 5.82. The molecule has 33 heavy (non-hydrogen) atoms. The van der Waals surface area contributed by atoms with E-state index >= 15 is 0 Å². The van der Waals surface area contributed by atoms with Gasteiger partial charge < -0.3 is 14.6 Å². The van der Waals surface area contributed by atoms with Crippen molar-refractivity contribution in [3.8, 4) is 5.75 Å². The van der Waals surface area contributed by atoms with Crippen LogP contribution in [0.4, 0.5) is 0 Å². The Morgan fingerprint density at radius 3 is 2.67 bits per heavy atom. The number of nitrogens with zero attached hydrogens (tertiary/aromatic N) is 2. The molecule has 6 heteroatoms. The van der Waals surface area contributed by atoms with Crippen LogP contribution in [0.2, 0.25) is 0 Å². The largest absolute Gasteiger partial charge is 0.491 e. The summed E-state index contributed by atoms with van der Waals surface area (Å²) in [5.74, 6) is 1.88. The van der Waals surface area contributed by atoms with E-state index in [2.05, 4.69) is 63.9 Å². The number of hydrogen-bond donors (Lipinski definition) is 1. The van der Waals surface area contributed by atoms with E-state index in [4.69, 9.17) is 9.72 Å². The predicted molar refractivity (Wildman–Crippen MR) is 136 cm³/mol. The minimum atomic E-state index is -0.0575. The number of amides is 1. The Kier molecular flexibility index (Phi) is 7.45. The normalized spacial score (nSPS) is 11.0. The van der Waals surface area contributed by atoms with E-state index in [9.17, 15) is 4.79 Å². The topological polar surface area (TPSA) is 56.1 Å². The summed E-state index contributed by atoms with van der Waals surface area (Å²) in [6.45, 7) is 6.02. The number of halogens is 1. The number of benzene rings is 3. The Morgan fingerprint density at radius 2 is 1.85 bits per heavy atom. The van der Waals surface area contributed by atoms with Crippen molar-refractivity contribution in [1.82, 2.24) is 14.9 Å². The van der Waals surface area contributed by atoms with Gasteiger partial charge in [-0.2, -0.15) is 0 Å². The Bertz CT molecular complexity index is 1250. The van der Waals surface area contributed by atoms with Gasteiger partial charge in [0.25, 0.3) is 5.91 Å². The average molecular weight is 506 g/mol. The lowest BCUT2D eigenvalue weighted by Gasteiger charge is -2.13. The highest BCUT2D eigenvalue weighted by Gasteiger charge is 2.11. The number of imidazole rings is 1. The summed E-state index contributed by atoms with van der Waals surface area (Å²) >= 11 is 3.39. The van der Waals surface area contributed by atoms with E-state index in [1.165, 1.54) is 5.56 Å². The minimum absolute atomic E-state index is 0.0575. The highest BCUT2D eigenvalue weighted by molar-refractivity contribution is 9.10. The van der Waals surface area contributed by atoms with Crippen LogP contribution in [-0.2, 0) is 13.0 Å². The zero-order valence-electron chi connectivity index (χ0n) is 19.0. The van der Waals surface area contributed by atoms with Gasteiger partial charge in [0, 0.05) is 23.0 Å². The molecular weight excluding hydrogens is 478 g/mol. The molecule has 0 spiro atoms. The first kappa shape index (κ1) is 23.1. The van der Waals surface area contributed by atoms with Crippen LogP contribution in [0.5, 0.6) is 5.75 Å². The predicted octanol–water partition coefficient (Wildman–Crippen LogP) is 5.86. The first-order chi connectivity index (χ1) is 16.0. The van der Waals surface area contributed by atoms with E-state index in [1.807, 2.05) is 42.5 Å². The van der Waals surface area contributed by atoms with Gasteiger partial charge in [0.2, 0.25) is 0 Å². The number of carbonyl (C=O) groups is 1. The number of aromatic nitrogens is 2. The third-order valence-electron chi connectivity index (χ3n) is 5.62. The molecular formula is C27H28BrN3O2. The second kappa shape index (κ2) is 10.7. The van der Waals surface area contributed by atoms with Crippen molar-refractivity contribution in [1.29, 1.82) is 0 Å². The van der Waals surface area contributed by atoms with Crippen molar-refractivity contribution in [2.75, 3.05) is 13.2 Å². The van der Waals surface area contributed by atoms with Crippen LogP contribution in [0.15, 0.2) is 71.2 Å². The van der Waals surface area contributed by atoms with Gasteiger partial charge in [0.05, 0.1) is 17.6 Å². The molecule has 0 aliphatic carbocycles. The number of para-hydroxylation sites is 2. The maximum Gasteiger partial charge on any atom is 0.251 e. The Balaban J connectivity index is 1.38. The molecule has 4 rings (SSSR count). The van der Waals surface area contributed by atoms with E-state index in [0.717, 1.165) is 45.5 Å². The summed E-state index contributed by atoms with van der Waals surface area (Å²) in [5.41, 5.74) is 5.08. The maximum absolute atomic E-state index is 12.3. The highest BCUT2D eigenvalue weighted by Crippen LogP contribution is 2.21. The minimum Gasteiger partial charge on any atom is -0.491 e. The molecule has 1 N–H and O–H groups in total. The first-order valence-corrected chi connectivity index (χ1v) is 12.0. The molecule has 0 saturated carbocycles. The fourth-order valence-electron chi connectivity index (χ4n) is 3.83. The fraction of sp³-hybridized carbons (Fsp3) is 0.259. The SMILES string of the molecule is Cc1ccc(C)c(OCCn2c(CCCNC(=O)c3ccc(Br)cc3)nc3ccccc32)c1. The van der Waals surface area contributed by atoms with Gasteiger partial charge in [-0.1, -0.05) is 40.2 Å². The Hall–Kier alpha value is -3.12. The monoisotopic (exact) mass is 505 g/mol. The lowest BCUT2D eigenvalue weighted by molar-refractivity contribution is 0.0953. The lowest BCUT2D eigenvalue weighted by Crippen LogP contribution is -2.25. The second-order valence-electron chi connectivity index (χ2n) is 8.15. The molecule has 3 aromatic carbocycles. The van der Waals surface area contributed by atoms with E-state index in [1.54, 1.807) is 0 Å². The number of nitrogens with one attached hydrogen (secondary N) is 1. The molecule has 0 fully saturated rings. The van der Waals surface area contributed by atoms with Crippen LogP contribution < -0.4 is 10.1 Å². The molecule has 0 radical (unpaired) electrons. The zero-order valence-corrected chi connectivity index (χ0v) is 20.6. The van der Waals surface area contributed by atoms with Crippen LogP contribution in [0.25, 0.3) is 11.0 Å². The van der Waals surface area contributed by atoms with Gasteiger partial charge in [0.15, 0.2) is 0 Å². The van der Waals surface area contributed by atoms with Crippen LogP contribution in [0.1, 0.15) is 33.7 Å². The summed E-state index contributed by atoms with van der Waals surface area (Å²) in [4.78, 5) is 17.2. The Morgan fingerprint density at radius 1 is 1.06 bits per heavy atom. The summed E-state index contributed by atoms with van der Waals surface area (Å²) in [6.07, 6.45) is 1.59. The van der Waals surface area contributed by atoms with Gasteiger partial charge >= 0.3 is 0 Å². The third-order valence-corrected chi connectivity index (χ3v) is 6.15. The number of aryl methyl sites for hydroxylation is 3. The van der Waals surface area contributed by atoms with E-state index in [-0.39, 0.29) is 5.91 Å². The fourth-order valence-corrected chi connectivity index (χ4v) is 4.09. The number of rotatable bonds is 9. The molecule has 170 valence electrons. The summed E-state index contributed by atoms with van der Waals surface area (Å²) < 4.78 is 9.29. The average Bonchev–Trinajstić information content (AvgIpc) is 3.17. The van der Waals surface area contributed by atoms with Crippen LogP contribution in [0, 0.1) is 13.8 Å². The number of fused-ring (bicyclic) bond motifs is 1. The molecule has 1 amide bonds. The standard InChI is InChI=1S/C27H28BrN3O2/c1-19-9-10-20(2)25(18-19)33-17-16-31-24-7-4-3-6-23(24)30-26(31)8-5-15-29-27(32)21-11-13-22(28)14-12-21/h3-4,6-7,9-14,18H,5,8,15-17H2,1-2H3,(H,29,32). The second-order valence-corrected chi connectivity index (χ2v) is 9.07. The van der Waals surface area contributed by atoms with Crippen molar-refractivity contribution >= 4 is 32.9 Å². The lowest BCUT2D eigenvalue weighted by atomic mass is 10.1. The number of hydrogen-bond acceptors (Lipinski definition) is 3. The molecule has 0 aliphatic rings. The van der Waals surface area contributed by atoms with Crippen molar-refractivity contribution in [3.63, 3.8) is 0 Å². The molecule has 0 aliphatic heterocycles. The van der Waals surface area contributed by atoms with E-state index in [0.29, 0.717) is 25.3 Å². The molecule has 1 heterocycles. The molecule has 5 nitrogen and oxygen atoms in total. The molecule has 1 aromatic heterocycles. The molecule has 0 unspecified atom stereocenters. The van der Waals surface area contributed by atoms with Crippen LogP contribution in [0.3, 0.4) is 0 Å². The summed E-state index contributed by atoms with van der Waals surface area (Å²) in [6, 6.07) is 21.8. The van der Waals surface area contributed by atoms with Gasteiger partial charge in [-0.3, -0.25) is 4.79 Å². The first-order valence-electron chi connectivity index (χ1n) is 11.2. The van der Waals surface area contributed by atoms with Crippen LogP contribution >= 0.6 is 15.9 Å². The van der Waals surface area contributed by atoms with E-state index < -0.39 is 0 Å². The van der Waals surface area contributed by atoms with Gasteiger partial charge in [-0.15, -0.1) is 0 Å². The molecule has 0 bridgehead atoms.